The Balaban J connectivity index is 1.86. The number of carboxylic acids is 1. The first-order chi connectivity index (χ1) is 17.8. The number of aromatic nitrogens is 1. The Morgan fingerprint density at radius 3 is 2.24 bits per heavy atom. The number of carboxylic acid groups (broad SMARTS) is 1. The van der Waals surface area contributed by atoms with Crippen molar-refractivity contribution in [3.8, 4) is 0 Å². The van der Waals surface area contributed by atoms with E-state index in [1.54, 1.807) is 48.7 Å². The molecule has 37 heavy (non-hydrogen) atoms. The predicted octanol–water partition coefficient (Wildman–Crippen LogP) is 3.09. The Morgan fingerprint density at radius 2 is 1.65 bits per heavy atom. The van der Waals surface area contributed by atoms with E-state index in [0.29, 0.717) is 11.3 Å². The Labute approximate surface area is 218 Å². The van der Waals surface area contributed by atoms with Crippen LogP contribution in [0, 0.1) is 5.92 Å². The van der Waals surface area contributed by atoms with Gasteiger partial charge in [0, 0.05) is 42.2 Å². The highest BCUT2D eigenvalue weighted by molar-refractivity contribution is 8.14. The molecular formula is C27H28N4O5S. The first kappa shape index (κ1) is 27.4. The number of carbonyl (C=O) groups is 4. The standard InChI is InChI=1S/C27H28N4O5S/c28-23(32)13-14-27(26(35)36,30-22-11-5-2-6-12-22)31-24(33)21(16-19-8-3-1-4-9-19)18-37-25(34)20-10-7-15-29-17-20/h1-12,15,17,21,30H,13-14,16,18H2,(H2,28,32)(H,31,33)(H,35,36)/t21?,27-/m0/s1. The summed E-state index contributed by atoms with van der Waals surface area (Å²) in [5.74, 6) is -3.30. The Bertz CT molecular complexity index is 1210. The van der Waals surface area contributed by atoms with Gasteiger partial charge in [0.05, 0.1) is 5.92 Å². The fraction of sp³-hybridized carbons (Fsp3) is 0.222. The number of carbonyl (C=O) groups excluding carboxylic acids is 3. The van der Waals surface area contributed by atoms with Gasteiger partial charge in [0.25, 0.3) is 0 Å². The molecule has 10 heteroatoms. The molecule has 3 rings (SSSR count). The lowest BCUT2D eigenvalue weighted by Crippen LogP contribution is -2.61. The summed E-state index contributed by atoms with van der Waals surface area (Å²) in [5.41, 5.74) is 5.00. The van der Waals surface area contributed by atoms with Crippen LogP contribution in [0.25, 0.3) is 0 Å². The van der Waals surface area contributed by atoms with Crippen molar-refractivity contribution >= 4 is 40.3 Å². The van der Waals surface area contributed by atoms with E-state index < -0.39 is 29.4 Å². The minimum absolute atomic E-state index is 0.102. The maximum atomic E-state index is 13.6. The van der Waals surface area contributed by atoms with Gasteiger partial charge in [-0.3, -0.25) is 19.4 Å². The normalized spacial score (nSPS) is 13.1. The van der Waals surface area contributed by atoms with Crippen molar-refractivity contribution in [2.45, 2.75) is 24.9 Å². The van der Waals surface area contributed by atoms with E-state index in [2.05, 4.69) is 15.6 Å². The van der Waals surface area contributed by atoms with Gasteiger partial charge in [-0.2, -0.15) is 0 Å². The minimum Gasteiger partial charge on any atom is -0.478 e. The molecule has 0 fully saturated rings. The van der Waals surface area contributed by atoms with Gasteiger partial charge in [0.15, 0.2) is 0 Å². The summed E-state index contributed by atoms with van der Waals surface area (Å²) in [4.78, 5) is 54.3. The summed E-state index contributed by atoms with van der Waals surface area (Å²) in [7, 11) is 0. The average molecular weight is 521 g/mol. The zero-order chi connectivity index (χ0) is 26.7. The molecular weight excluding hydrogens is 492 g/mol. The molecule has 2 aromatic carbocycles. The van der Waals surface area contributed by atoms with Gasteiger partial charge in [0.1, 0.15) is 0 Å². The van der Waals surface area contributed by atoms with E-state index in [9.17, 15) is 24.3 Å². The first-order valence-electron chi connectivity index (χ1n) is 11.6. The summed E-state index contributed by atoms with van der Waals surface area (Å²) < 4.78 is 0. The number of hydrogen-bond donors (Lipinski definition) is 4. The van der Waals surface area contributed by atoms with Crippen molar-refractivity contribution in [3.05, 3.63) is 96.3 Å². The molecule has 0 saturated heterocycles. The van der Waals surface area contributed by atoms with Crippen molar-refractivity contribution in [3.63, 3.8) is 0 Å². The molecule has 192 valence electrons. The lowest BCUT2D eigenvalue weighted by Gasteiger charge is -2.33. The van der Waals surface area contributed by atoms with Crippen LogP contribution in [0.5, 0.6) is 0 Å². The van der Waals surface area contributed by atoms with Crippen LogP contribution in [-0.4, -0.2) is 44.4 Å². The molecule has 1 aromatic heterocycles. The van der Waals surface area contributed by atoms with Crippen molar-refractivity contribution in [2.75, 3.05) is 11.1 Å². The van der Waals surface area contributed by atoms with Crippen LogP contribution in [0.3, 0.4) is 0 Å². The van der Waals surface area contributed by atoms with Gasteiger partial charge in [-0.25, -0.2) is 4.79 Å². The molecule has 0 saturated carbocycles. The molecule has 0 spiro atoms. The highest BCUT2D eigenvalue weighted by atomic mass is 32.2. The minimum atomic E-state index is -2.00. The lowest BCUT2D eigenvalue weighted by molar-refractivity contribution is -0.147. The van der Waals surface area contributed by atoms with E-state index >= 15 is 0 Å². The SMILES string of the molecule is NC(=O)CC[C@@](NC(=O)C(CSC(=O)c1cccnc1)Cc1ccccc1)(Nc1ccccc1)C(=O)O. The summed E-state index contributed by atoms with van der Waals surface area (Å²) >= 11 is 0.960. The van der Waals surface area contributed by atoms with Gasteiger partial charge in [-0.05, 0) is 36.2 Å². The number of benzene rings is 2. The average Bonchev–Trinajstić information content (AvgIpc) is 2.91. The van der Waals surface area contributed by atoms with Crippen LogP contribution in [-0.2, 0) is 20.8 Å². The second-order valence-corrected chi connectivity index (χ2v) is 9.38. The van der Waals surface area contributed by atoms with Gasteiger partial charge < -0.3 is 21.5 Å². The number of anilines is 1. The van der Waals surface area contributed by atoms with Crippen LogP contribution in [0.2, 0.25) is 0 Å². The van der Waals surface area contributed by atoms with Gasteiger partial charge in [-0.15, -0.1) is 0 Å². The number of aliphatic carboxylic acids is 1. The predicted molar refractivity (Wildman–Crippen MR) is 142 cm³/mol. The Hall–Kier alpha value is -4.18. The molecule has 1 unspecified atom stereocenters. The summed E-state index contributed by atoms with van der Waals surface area (Å²) in [5, 5.41) is 15.4. The van der Waals surface area contributed by atoms with E-state index in [1.165, 1.54) is 6.20 Å². The number of primary amides is 1. The molecule has 9 nitrogen and oxygen atoms in total. The second-order valence-electron chi connectivity index (χ2n) is 8.38. The first-order valence-corrected chi connectivity index (χ1v) is 12.6. The van der Waals surface area contributed by atoms with Crippen LogP contribution in [0.1, 0.15) is 28.8 Å². The number of amides is 2. The number of nitrogens with zero attached hydrogens (tertiary/aromatic N) is 1. The zero-order valence-corrected chi connectivity index (χ0v) is 20.8. The maximum absolute atomic E-state index is 13.6. The van der Waals surface area contributed by atoms with Crippen molar-refractivity contribution in [1.82, 2.24) is 10.3 Å². The Morgan fingerprint density at radius 1 is 0.973 bits per heavy atom. The summed E-state index contributed by atoms with van der Waals surface area (Å²) in [6, 6.07) is 21.0. The summed E-state index contributed by atoms with van der Waals surface area (Å²) in [6.07, 6.45) is 2.73. The van der Waals surface area contributed by atoms with E-state index in [-0.39, 0.29) is 30.1 Å². The number of rotatable bonds is 13. The molecule has 2 atom stereocenters. The molecule has 0 aliphatic carbocycles. The quantitative estimate of drug-likeness (QED) is 0.251. The number of thioether (sulfide) groups is 1. The number of hydrogen-bond acceptors (Lipinski definition) is 7. The monoisotopic (exact) mass is 520 g/mol. The second kappa shape index (κ2) is 13.2. The third-order valence-corrected chi connectivity index (χ3v) is 6.66. The molecule has 0 aliphatic rings. The van der Waals surface area contributed by atoms with Gasteiger partial charge in [0.2, 0.25) is 22.6 Å². The molecule has 1 heterocycles. The molecule has 2 amide bonds. The van der Waals surface area contributed by atoms with Crippen LogP contribution in [0.15, 0.2) is 85.2 Å². The fourth-order valence-corrected chi connectivity index (χ4v) is 4.54. The molecule has 3 aromatic rings. The van der Waals surface area contributed by atoms with Gasteiger partial charge >= 0.3 is 5.97 Å². The topological polar surface area (TPSA) is 151 Å². The lowest BCUT2D eigenvalue weighted by atomic mass is 9.97. The van der Waals surface area contributed by atoms with E-state index in [0.717, 1.165) is 17.3 Å². The Kier molecular flexibility index (Phi) is 9.79. The smallest absolute Gasteiger partial charge is 0.350 e. The molecule has 5 N–H and O–H groups in total. The third kappa shape index (κ3) is 8.18. The number of pyridine rings is 1. The number of nitrogens with two attached hydrogens (primary N) is 1. The third-order valence-electron chi connectivity index (χ3n) is 5.59. The highest BCUT2D eigenvalue weighted by Gasteiger charge is 2.42. The number of para-hydroxylation sites is 1. The van der Waals surface area contributed by atoms with Gasteiger partial charge in [-0.1, -0.05) is 60.3 Å². The molecule has 0 radical (unpaired) electrons. The van der Waals surface area contributed by atoms with Crippen molar-refractivity contribution < 1.29 is 24.3 Å². The van der Waals surface area contributed by atoms with Crippen LogP contribution >= 0.6 is 11.8 Å². The van der Waals surface area contributed by atoms with E-state index in [1.807, 2.05) is 30.3 Å². The van der Waals surface area contributed by atoms with Crippen LogP contribution < -0.4 is 16.4 Å². The fourth-order valence-electron chi connectivity index (χ4n) is 3.63. The number of nitrogens with one attached hydrogen (secondary N) is 2. The van der Waals surface area contributed by atoms with E-state index in [4.69, 9.17) is 5.73 Å². The van der Waals surface area contributed by atoms with Crippen LogP contribution in [0.4, 0.5) is 5.69 Å². The highest BCUT2D eigenvalue weighted by Crippen LogP contribution is 2.23. The maximum Gasteiger partial charge on any atom is 0.350 e. The van der Waals surface area contributed by atoms with Crippen molar-refractivity contribution in [1.29, 1.82) is 0 Å². The van der Waals surface area contributed by atoms with Crippen molar-refractivity contribution in [2.24, 2.45) is 11.7 Å². The molecule has 0 aliphatic heterocycles. The largest absolute Gasteiger partial charge is 0.478 e. The summed E-state index contributed by atoms with van der Waals surface area (Å²) in [6.45, 7) is 0. The zero-order valence-electron chi connectivity index (χ0n) is 20.0. The molecule has 0 bridgehead atoms.